The summed E-state index contributed by atoms with van der Waals surface area (Å²) in [6.07, 6.45) is 6.83. The summed E-state index contributed by atoms with van der Waals surface area (Å²) < 4.78 is 5.94. The number of likely N-dealkylation sites (tertiary alicyclic amines) is 1. The standard InChI is InChI=1S/C27H29N3O2.C2H2O4/c31-27-11-8-22-7-10-24(19-26(22)29-27)32-17-3-14-30-15-12-20(13-16-30)18-23-9-6-21-4-1-2-5-25(21)28-23;3-1(4)2(5)6/h1-2,4-7,9-10,18-19H,3,8,11-17H2,(H,29,31);(H,3,4)(H,5,6). The van der Waals surface area contributed by atoms with Crippen molar-refractivity contribution in [1.29, 1.82) is 0 Å². The molecule has 0 saturated carbocycles. The van der Waals surface area contributed by atoms with Crippen LogP contribution in [-0.2, 0) is 20.8 Å². The van der Waals surface area contributed by atoms with Crippen LogP contribution in [0.15, 0.2) is 60.2 Å². The Morgan fingerprint density at radius 3 is 2.50 bits per heavy atom. The van der Waals surface area contributed by atoms with Gasteiger partial charge in [0.1, 0.15) is 5.75 Å². The van der Waals surface area contributed by atoms with Gasteiger partial charge < -0.3 is 25.2 Å². The molecular formula is C29H31N3O6. The molecule has 3 aromatic rings. The van der Waals surface area contributed by atoms with Crippen molar-refractivity contribution in [2.45, 2.75) is 32.1 Å². The number of pyridine rings is 1. The Hall–Kier alpha value is -4.24. The third-order valence-electron chi connectivity index (χ3n) is 6.52. The van der Waals surface area contributed by atoms with E-state index in [0.29, 0.717) is 13.0 Å². The molecule has 198 valence electrons. The van der Waals surface area contributed by atoms with E-state index in [4.69, 9.17) is 29.5 Å². The van der Waals surface area contributed by atoms with Gasteiger partial charge in [-0.1, -0.05) is 35.9 Å². The Labute approximate surface area is 220 Å². The second-order valence-corrected chi connectivity index (χ2v) is 9.25. The molecule has 9 nitrogen and oxygen atoms in total. The van der Waals surface area contributed by atoms with Gasteiger partial charge in [0, 0.05) is 43.2 Å². The zero-order valence-electron chi connectivity index (χ0n) is 21.1. The highest BCUT2D eigenvalue weighted by atomic mass is 16.5. The number of amides is 1. The van der Waals surface area contributed by atoms with Gasteiger partial charge in [0.15, 0.2) is 0 Å². The van der Waals surface area contributed by atoms with Crippen molar-refractivity contribution in [3.63, 3.8) is 0 Å². The monoisotopic (exact) mass is 517 g/mol. The number of anilines is 1. The van der Waals surface area contributed by atoms with Crippen molar-refractivity contribution in [1.82, 2.24) is 9.88 Å². The molecule has 1 aromatic heterocycles. The number of aryl methyl sites for hydroxylation is 1. The SMILES string of the molecule is O=C(O)C(=O)O.O=C1CCc2ccc(OCCCN3CCC(=Cc4ccc5ccccc5n4)CC3)cc2N1. The van der Waals surface area contributed by atoms with Crippen LogP contribution in [0.1, 0.15) is 36.9 Å². The molecule has 2 aliphatic rings. The molecule has 0 bridgehead atoms. The van der Waals surface area contributed by atoms with Crippen molar-refractivity contribution in [3.8, 4) is 5.75 Å². The number of carbonyl (C=O) groups is 3. The maximum absolute atomic E-state index is 11.6. The molecule has 38 heavy (non-hydrogen) atoms. The van der Waals surface area contributed by atoms with Crippen LogP contribution in [0.5, 0.6) is 5.75 Å². The fourth-order valence-corrected chi connectivity index (χ4v) is 4.50. The van der Waals surface area contributed by atoms with Gasteiger partial charge in [-0.3, -0.25) is 4.79 Å². The number of carboxylic acid groups (broad SMARTS) is 2. The van der Waals surface area contributed by atoms with E-state index in [1.807, 2.05) is 18.2 Å². The minimum absolute atomic E-state index is 0.0876. The summed E-state index contributed by atoms with van der Waals surface area (Å²) in [5.41, 5.74) is 5.68. The van der Waals surface area contributed by atoms with Crippen LogP contribution in [0, 0.1) is 0 Å². The third-order valence-corrected chi connectivity index (χ3v) is 6.52. The molecule has 1 amide bonds. The fraction of sp³-hybridized carbons (Fsp3) is 0.310. The van der Waals surface area contributed by atoms with Crippen LogP contribution < -0.4 is 10.1 Å². The number of rotatable bonds is 6. The lowest BCUT2D eigenvalue weighted by Crippen LogP contribution is -2.32. The third kappa shape index (κ3) is 7.63. The summed E-state index contributed by atoms with van der Waals surface area (Å²) in [6, 6.07) is 18.6. The maximum atomic E-state index is 11.6. The van der Waals surface area contributed by atoms with Crippen molar-refractivity contribution < 1.29 is 29.3 Å². The fourth-order valence-electron chi connectivity index (χ4n) is 4.50. The number of hydrogen-bond acceptors (Lipinski definition) is 6. The number of benzene rings is 2. The van der Waals surface area contributed by atoms with Crippen LogP contribution in [0.3, 0.4) is 0 Å². The molecule has 3 N–H and O–H groups in total. The van der Waals surface area contributed by atoms with Crippen LogP contribution in [0.4, 0.5) is 5.69 Å². The number of piperidine rings is 1. The first-order valence-corrected chi connectivity index (χ1v) is 12.7. The van der Waals surface area contributed by atoms with E-state index in [-0.39, 0.29) is 5.91 Å². The highest BCUT2D eigenvalue weighted by molar-refractivity contribution is 6.27. The minimum Gasteiger partial charge on any atom is -0.493 e. The topological polar surface area (TPSA) is 129 Å². The summed E-state index contributed by atoms with van der Waals surface area (Å²) in [7, 11) is 0. The summed E-state index contributed by atoms with van der Waals surface area (Å²) in [5.74, 6) is -2.73. The number of aromatic nitrogens is 1. The zero-order valence-corrected chi connectivity index (χ0v) is 21.1. The van der Waals surface area contributed by atoms with Gasteiger partial charge in [0.2, 0.25) is 5.91 Å². The van der Waals surface area contributed by atoms with Gasteiger partial charge in [0.25, 0.3) is 0 Å². The minimum atomic E-state index is -1.82. The average Bonchev–Trinajstić information content (AvgIpc) is 2.92. The number of hydrogen-bond donors (Lipinski definition) is 3. The molecule has 0 radical (unpaired) electrons. The molecular weight excluding hydrogens is 486 g/mol. The second kappa shape index (κ2) is 12.8. The molecule has 9 heteroatoms. The zero-order chi connectivity index (χ0) is 26.9. The summed E-state index contributed by atoms with van der Waals surface area (Å²) in [5, 5.41) is 18.9. The Morgan fingerprint density at radius 2 is 1.74 bits per heavy atom. The van der Waals surface area contributed by atoms with Gasteiger partial charge >= 0.3 is 11.9 Å². The van der Waals surface area contributed by atoms with Crippen molar-refractivity contribution in [2.75, 3.05) is 31.6 Å². The number of aliphatic carboxylic acids is 2. The average molecular weight is 518 g/mol. The molecule has 3 heterocycles. The molecule has 1 saturated heterocycles. The van der Waals surface area contributed by atoms with Crippen LogP contribution >= 0.6 is 0 Å². The number of ether oxygens (including phenoxy) is 1. The van der Waals surface area contributed by atoms with Gasteiger partial charge in [-0.25, -0.2) is 14.6 Å². The smallest absolute Gasteiger partial charge is 0.414 e. The lowest BCUT2D eigenvalue weighted by Gasteiger charge is -2.28. The van der Waals surface area contributed by atoms with Gasteiger partial charge in [0.05, 0.1) is 17.8 Å². The van der Waals surface area contributed by atoms with Crippen molar-refractivity contribution in [3.05, 3.63) is 71.4 Å². The molecule has 0 unspecified atom stereocenters. The normalized spacial score (nSPS) is 15.1. The first-order chi connectivity index (χ1) is 18.4. The van der Waals surface area contributed by atoms with E-state index >= 15 is 0 Å². The molecule has 5 rings (SSSR count). The summed E-state index contributed by atoms with van der Waals surface area (Å²) in [4.78, 5) is 37.1. The van der Waals surface area contributed by atoms with Crippen molar-refractivity contribution in [2.24, 2.45) is 0 Å². The molecule has 0 atom stereocenters. The van der Waals surface area contributed by atoms with Crippen LogP contribution in [0.2, 0.25) is 0 Å². The van der Waals surface area contributed by atoms with E-state index in [9.17, 15) is 4.79 Å². The van der Waals surface area contributed by atoms with Crippen molar-refractivity contribution >= 4 is 40.5 Å². The maximum Gasteiger partial charge on any atom is 0.414 e. The first kappa shape index (κ1) is 26.8. The quantitative estimate of drug-likeness (QED) is 0.327. The first-order valence-electron chi connectivity index (χ1n) is 12.7. The van der Waals surface area contributed by atoms with Gasteiger partial charge in [-0.05, 0) is 55.5 Å². The molecule has 0 spiro atoms. The predicted molar refractivity (Wildman–Crippen MR) is 144 cm³/mol. The van der Waals surface area contributed by atoms with Gasteiger partial charge in [-0.2, -0.15) is 0 Å². The van der Waals surface area contributed by atoms with Crippen LogP contribution in [0.25, 0.3) is 17.0 Å². The number of para-hydroxylation sites is 1. The van der Waals surface area contributed by atoms with E-state index in [0.717, 1.165) is 68.0 Å². The summed E-state index contributed by atoms with van der Waals surface area (Å²) in [6.45, 7) is 3.91. The number of carbonyl (C=O) groups excluding carboxylic acids is 1. The van der Waals surface area contributed by atoms with E-state index < -0.39 is 11.9 Å². The largest absolute Gasteiger partial charge is 0.493 e. The molecule has 2 aromatic carbocycles. The lowest BCUT2D eigenvalue weighted by atomic mass is 10.0. The number of fused-ring (bicyclic) bond motifs is 2. The van der Waals surface area contributed by atoms with Gasteiger partial charge in [-0.15, -0.1) is 0 Å². The highest BCUT2D eigenvalue weighted by Crippen LogP contribution is 2.27. The molecule has 1 fully saturated rings. The molecule has 2 aliphatic heterocycles. The van der Waals surface area contributed by atoms with Crippen LogP contribution in [-0.4, -0.2) is 64.2 Å². The lowest BCUT2D eigenvalue weighted by molar-refractivity contribution is -0.159. The highest BCUT2D eigenvalue weighted by Gasteiger charge is 2.16. The number of nitrogens with one attached hydrogen (secondary N) is 1. The Morgan fingerprint density at radius 1 is 0.974 bits per heavy atom. The van der Waals surface area contributed by atoms with E-state index in [1.165, 1.54) is 16.5 Å². The Kier molecular flexibility index (Phi) is 9.05. The number of carboxylic acids is 2. The summed E-state index contributed by atoms with van der Waals surface area (Å²) >= 11 is 0. The second-order valence-electron chi connectivity index (χ2n) is 9.25. The predicted octanol–water partition coefficient (Wildman–Crippen LogP) is 4.22. The van der Waals surface area contributed by atoms with E-state index in [1.54, 1.807) is 0 Å². The number of nitrogens with zero attached hydrogens (tertiary/aromatic N) is 2. The molecule has 0 aliphatic carbocycles. The Bertz CT molecular complexity index is 1330. The van der Waals surface area contributed by atoms with E-state index in [2.05, 4.69) is 52.7 Å². The Balaban J connectivity index is 0.000000505.